The molecule has 21 heavy (non-hydrogen) atoms. The lowest BCUT2D eigenvalue weighted by Crippen LogP contribution is -2.20. The van der Waals surface area contributed by atoms with Gasteiger partial charge in [-0.1, -0.05) is 0 Å². The lowest BCUT2D eigenvalue weighted by molar-refractivity contribution is 0.120. The van der Waals surface area contributed by atoms with Crippen molar-refractivity contribution in [2.24, 2.45) is 0 Å². The van der Waals surface area contributed by atoms with Crippen molar-refractivity contribution in [3.05, 3.63) is 16.8 Å². The van der Waals surface area contributed by atoms with Gasteiger partial charge in [-0.05, 0) is 32.3 Å². The van der Waals surface area contributed by atoms with E-state index in [-0.39, 0.29) is 6.10 Å². The number of hydrogen-bond donors (Lipinski definition) is 1. The summed E-state index contributed by atoms with van der Waals surface area (Å²) < 4.78 is 7.43. The van der Waals surface area contributed by atoms with Crippen LogP contribution in [0.5, 0.6) is 0 Å². The fourth-order valence-electron chi connectivity index (χ4n) is 2.79. The highest BCUT2D eigenvalue weighted by Crippen LogP contribution is 2.32. The van der Waals surface area contributed by atoms with Gasteiger partial charge in [-0.3, -0.25) is 0 Å². The number of aromatic nitrogens is 4. The molecule has 7 heteroatoms. The SMILES string of the molecule is Cc1sc2nc(NC[C@@H]3CCCO3)n3ncnc3c2c1C. The standard InChI is InChI=1S/C14H17N5OS/c1-8-9(2)21-13-11(8)12-16-7-17-19(12)14(18-13)15-6-10-4-3-5-20-10/h7,10H,3-6H2,1-2H3,(H,15,18)/t10-/m0/s1. The van der Waals surface area contributed by atoms with Crippen molar-refractivity contribution >= 4 is 33.1 Å². The number of nitrogens with zero attached hydrogens (tertiary/aromatic N) is 4. The molecule has 0 unspecified atom stereocenters. The minimum atomic E-state index is 0.271. The number of anilines is 1. The van der Waals surface area contributed by atoms with Gasteiger partial charge in [-0.25, -0.2) is 9.97 Å². The predicted molar refractivity (Wildman–Crippen MR) is 83.1 cm³/mol. The number of hydrogen-bond acceptors (Lipinski definition) is 6. The van der Waals surface area contributed by atoms with Crippen LogP contribution in [0.25, 0.3) is 15.9 Å². The molecule has 3 aromatic rings. The van der Waals surface area contributed by atoms with Crippen molar-refractivity contribution < 1.29 is 4.74 Å². The van der Waals surface area contributed by atoms with E-state index < -0.39 is 0 Å². The Morgan fingerprint density at radius 3 is 3.19 bits per heavy atom. The number of aryl methyl sites for hydroxylation is 2. The third kappa shape index (κ3) is 2.08. The second-order valence-electron chi connectivity index (χ2n) is 5.41. The maximum absolute atomic E-state index is 5.65. The molecule has 0 aliphatic carbocycles. The maximum atomic E-state index is 5.65. The van der Waals surface area contributed by atoms with Crippen molar-refractivity contribution in [1.29, 1.82) is 0 Å². The fourth-order valence-corrected chi connectivity index (χ4v) is 3.81. The summed E-state index contributed by atoms with van der Waals surface area (Å²) in [6, 6.07) is 0. The van der Waals surface area contributed by atoms with E-state index in [1.54, 1.807) is 22.2 Å². The molecule has 6 nitrogen and oxygen atoms in total. The highest BCUT2D eigenvalue weighted by Gasteiger charge is 2.18. The smallest absolute Gasteiger partial charge is 0.227 e. The van der Waals surface area contributed by atoms with Gasteiger partial charge in [0.05, 0.1) is 11.5 Å². The van der Waals surface area contributed by atoms with Crippen LogP contribution in [-0.4, -0.2) is 38.8 Å². The van der Waals surface area contributed by atoms with Crippen LogP contribution in [0.3, 0.4) is 0 Å². The Morgan fingerprint density at radius 1 is 1.48 bits per heavy atom. The van der Waals surface area contributed by atoms with Gasteiger partial charge in [0.25, 0.3) is 0 Å². The first-order valence-corrected chi connectivity index (χ1v) is 8.00. The van der Waals surface area contributed by atoms with Crippen LogP contribution >= 0.6 is 11.3 Å². The third-order valence-corrected chi connectivity index (χ3v) is 5.16. The molecular weight excluding hydrogens is 286 g/mol. The first kappa shape index (κ1) is 13.0. The second kappa shape index (κ2) is 4.92. The minimum Gasteiger partial charge on any atom is -0.376 e. The molecule has 0 spiro atoms. The Morgan fingerprint density at radius 2 is 2.38 bits per heavy atom. The first-order chi connectivity index (χ1) is 10.2. The highest BCUT2D eigenvalue weighted by atomic mass is 32.1. The summed E-state index contributed by atoms with van der Waals surface area (Å²) in [6.45, 7) is 5.86. The van der Waals surface area contributed by atoms with E-state index in [9.17, 15) is 0 Å². The molecule has 1 aliphatic heterocycles. The summed E-state index contributed by atoms with van der Waals surface area (Å²) in [4.78, 5) is 11.4. The van der Waals surface area contributed by atoms with Gasteiger partial charge in [-0.15, -0.1) is 11.3 Å². The Bertz CT molecular complexity index is 803. The maximum Gasteiger partial charge on any atom is 0.227 e. The van der Waals surface area contributed by atoms with Crippen LogP contribution in [0.4, 0.5) is 5.95 Å². The second-order valence-corrected chi connectivity index (χ2v) is 6.61. The number of rotatable bonds is 3. The van der Waals surface area contributed by atoms with Crippen LogP contribution in [-0.2, 0) is 4.74 Å². The van der Waals surface area contributed by atoms with Gasteiger partial charge in [0.1, 0.15) is 11.2 Å². The van der Waals surface area contributed by atoms with E-state index >= 15 is 0 Å². The molecule has 0 aromatic carbocycles. The molecule has 1 N–H and O–H groups in total. The van der Waals surface area contributed by atoms with Crippen molar-refractivity contribution in [2.75, 3.05) is 18.5 Å². The van der Waals surface area contributed by atoms with Crippen molar-refractivity contribution in [1.82, 2.24) is 19.6 Å². The van der Waals surface area contributed by atoms with Crippen LogP contribution in [0.2, 0.25) is 0 Å². The van der Waals surface area contributed by atoms with Crippen molar-refractivity contribution in [2.45, 2.75) is 32.8 Å². The molecule has 4 heterocycles. The largest absolute Gasteiger partial charge is 0.376 e. The summed E-state index contributed by atoms with van der Waals surface area (Å²) in [6.07, 6.45) is 4.10. The Labute approximate surface area is 126 Å². The van der Waals surface area contributed by atoms with E-state index in [1.807, 2.05) is 0 Å². The highest BCUT2D eigenvalue weighted by molar-refractivity contribution is 7.18. The van der Waals surface area contributed by atoms with E-state index in [0.29, 0.717) is 0 Å². The summed E-state index contributed by atoms with van der Waals surface area (Å²) in [5.74, 6) is 0.742. The fraction of sp³-hybridized carbons (Fsp3) is 0.500. The van der Waals surface area contributed by atoms with Crippen LogP contribution in [0.1, 0.15) is 23.3 Å². The quantitative estimate of drug-likeness (QED) is 0.805. The molecule has 1 aliphatic rings. The Balaban J connectivity index is 1.77. The molecule has 1 atom stereocenters. The van der Waals surface area contributed by atoms with Crippen LogP contribution < -0.4 is 5.32 Å². The molecule has 0 saturated carbocycles. The van der Waals surface area contributed by atoms with Crippen molar-refractivity contribution in [3.63, 3.8) is 0 Å². The number of ether oxygens (including phenoxy) is 1. The lowest BCUT2D eigenvalue weighted by atomic mass is 10.2. The molecule has 1 saturated heterocycles. The van der Waals surface area contributed by atoms with Gasteiger partial charge >= 0.3 is 0 Å². The predicted octanol–water partition coefficient (Wildman–Crippen LogP) is 2.55. The molecule has 0 amide bonds. The zero-order valence-corrected chi connectivity index (χ0v) is 12.9. The molecule has 110 valence electrons. The van der Waals surface area contributed by atoms with Gasteiger partial charge in [0, 0.05) is 18.0 Å². The van der Waals surface area contributed by atoms with E-state index in [4.69, 9.17) is 9.72 Å². The van der Waals surface area contributed by atoms with Gasteiger partial charge in [-0.2, -0.15) is 9.61 Å². The number of fused-ring (bicyclic) bond motifs is 3. The molecule has 0 bridgehead atoms. The van der Waals surface area contributed by atoms with Crippen LogP contribution in [0, 0.1) is 13.8 Å². The summed E-state index contributed by atoms with van der Waals surface area (Å²) >= 11 is 1.71. The van der Waals surface area contributed by atoms with Gasteiger partial charge in [0.2, 0.25) is 5.95 Å². The van der Waals surface area contributed by atoms with E-state index in [0.717, 1.165) is 47.8 Å². The van der Waals surface area contributed by atoms with E-state index in [1.165, 1.54) is 10.4 Å². The molecular formula is C14H17N5OS. The van der Waals surface area contributed by atoms with E-state index in [2.05, 4.69) is 29.2 Å². The monoisotopic (exact) mass is 303 g/mol. The Hall–Kier alpha value is -1.73. The number of thiophene rings is 1. The minimum absolute atomic E-state index is 0.271. The number of nitrogens with one attached hydrogen (secondary N) is 1. The summed E-state index contributed by atoms with van der Waals surface area (Å²) in [5, 5.41) is 8.79. The van der Waals surface area contributed by atoms with Gasteiger partial charge in [0.15, 0.2) is 5.65 Å². The molecule has 1 fully saturated rings. The normalized spacial score (nSPS) is 18.9. The van der Waals surface area contributed by atoms with Crippen molar-refractivity contribution in [3.8, 4) is 0 Å². The average molecular weight is 303 g/mol. The molecule has 3 aromatic heterocycles. The molecule has 0 radical (unpaired) electrons. The zero-order valence-electron chi connectivity index (χ0n) is 12.1. The lowest BCUT2D eigenvalue weighted by Gasteiger charge is -2.12. The zero-order chi connectivity index (χ0) is 14.4. The summed E-state index contributed by atoms with van der Waals surface area (Å²) in [7, 11) is 0. The first-order valence-electron chi connectivity index (χ1n) is 7.19. The van der Waals surface area contributed by atoms with Crippen LogP contribution in [0.15, 0.2) is 6.33 Å². The van der Waals surface area contributed by atoms with Gasteiger partial charge < -0.3 is 10.1 Å². The third-order valence-electron chi connectivity index (χ3n) is 4.06. The average Bonchev–Trinajstić information content (AvgIpc) is 3.18. The molecule has 4 rings (SSSR count). The topological polar surface area (TPSA) is 64.3 Å². The Kier molecular flexibility index (Phi) is 3.04. The summed E-state index contributed by atoms with van der Waals surface area (Å²) in [5.41, 5.74) is 2.11.